The van der Waals surface area contributed by atoms with Gasteiger partial charge in [0.15, 0.2) is 5.76 Å². The number of carbonyl (C=O) groups excluding carboxylic acids is 1. The molecule has 0 unspecified atom stereocenters. The number of benzene rings is 2. The Kier molecular flexibility index (Phi) is 4.52. The number of aromatic nitrogens is 1. The Balaban J connectivity index is 1.80. The number of hydrogen-bond donors (Lipinski definition) is 1. The smallest absolute Gasteiger partial charge is 0.298 e. The summed E-state index contributed by atoms with van der Waals surface area (Å²) in [5.41, 5.74) is 3.33. The molecule has 0 radical (unpaired) electrons. The molecular formula is C22H18N2O5. The number of hydrogen-bond acceptors (Lipinski definition) is 5. The first kappa shape index (κ1) is 18.6. The first-order valence-corrected chi connectivity index (χ1v) is 9.02. The van der Waals surface area contributed by atoms with E-state index in [0.29, 0.717) is 28.1 Å². The van der Waals surface area contributed by atoms with Crippen LogP contribution in [0.15, 0.2) is 59.0 Å². The molecule has 0 atom stereocenters. The van der Waals surface area contributed by atoms with Crippen molar-refractivity contribution >= 4 is 22.5 Å². The summed E-state index contributed by atoms with van der Waals surface area (Å²) in [5.74, 6) is 0.123. The number of nitro groups is 1. The number of rotatable bonds is 4. The molecule has 4 rings (SSSR count). The Labute approximate surface area is 166 Å². The van der Waals surface area contributed by atoms with Crippen LogP contribution in [0.5, 0.6) is 0 Å². The molecule has 29 heavy (non-hydrogen) atoms. The van der Waals surface area contributed by atoms with Gasteiger partial charge in [0.2, 0.25) is 0 Å². The molecule has 2 aromatic heterocycles. The Morgan fingerprint density at radius 3 is 2.62 bits per heavy atom. The van der Waals surface area contributed by atoms with Gasteiger partial charge < -0.3 is 9.52 Å². The molecule has 4 aromatic rings. The predicted octanol–water partition coefficient (Wildman–Crippen LogP) is 4.61. The lowest BCUT2D eigenvalue weighted by Crippen LogP contribution is -2.12. The van der Waals surface area contributed by atoms with Gasteiger partial charge in [-0.15, -0.1) is 0 Å². The highest BCUT2D eigenvalue weighted by atomic mass is 16.6. The van der Waals surface area contributed by atoms with Crippen LogP contribution in [0.25, 0.3) is 22.2 Å². The summed E-state index contributed by atoms with van der Waals surface area (Å²) in [6.07, 6.45) is 0. The highest BCUT2D eigenvalue weighted by Gasteiger charge is 2.22. The molecule has 0 amide bonds. The maximum absolute atomic E-state index is 13.2. The molecule has 0 aliphatic carbocycles. The van der Waals surface area contributed by atoms with Crippen molar-refractivity contribution in [2.75, 3.05) is 0 Å². The molecule has 0 aliphatic heterocycles. The van der Waals surface area contributed by atoms with Crippen LogP contribution < -0.4 is 0 Å². The second kappa shape index (κ2) is 7.03. The molecule has 0 saturated carbocycles. The van der Waals surface area contributed by atoms with Gasteiger partial charge in [-0.2, -0.15) is 0 Å². The van der Waals surface area contributed by atoms with Gasteiger partial charge >= 0.3 is 0 Å². The third kappa shape index (κ3) is 3.01. The van der Waals surface area contributed by atoms with E-state index in [1.54, 1.807) is 25.1 Å². The van der Waals surface area contributed by atoms with Crippen LogP contribution in [-0.4, -0.2) is 20.5 Å². The van der Waals surface area contributed by atoms with E-state index in [1.165, 1.54) is 16.7 Å². The van der Waals surface area contributed by atoms with Gasteiger partial charge in [-0.1, -0.05) is 24.3 Å². The van der Waals surface area contributed by atoms with E-state index in [1.807, 2.05) is 31.2 Å². The molecule has 0 aliphatic rings. The Bertz CT molecular complexity index is 1270. The van der Waals surface area contributed by atoms with Crippen molar-refractivity contribution in [2.45, 2.75) is 20.5 Å². The molecule has 7 heteroatoms. The van der Waals surface area contributed by atoms with Crippen molar-refractivity contribution in [2.24, 2.45) is 0 Å². The summed E-state index contributed by atoms with van der Waals surface area (Å²) in [6.45, 7) is 3.42. The minimum atomic E-state index is -0.469. The third-order valence-corrected chi connectivity index (χ3v) is 5.12. The van der Waals surface area contributed by atoms with Crippen molar-refractivity contribution in [1.29, 1.82) is 0 Å². The van der Waals surface area contributed by atoms with Crippen molar-refractivity contribution in [3.63, 3.8) is 0 Å². The molecule has 146 valence electrons. The molecular weight excluding hydrogens is 372 g/mol. The van der Waals surface area contributed by atoms with Gasteiger partial charge in [-0.05, 0) is 37.6 Å². The standard InChI is InChI=1S/C22H18N2O5/c1-13-7-8-15(24(27)28)11-17(13)20-9-10-21(29-20)22(26)23-14(2)18(12-25)16-5-3-4-6-19(16)23/h3-11,25H,12H2,1-2H3. The van der Waals surface area contributed by atoms with E-state index in [9.17, 15) is 20.0 Å². The Morgan fingerprint density at radius 2 is 1.90 bits per heavy atom. The highest BCUT2D eigenvalue weighted by molar-refractivity contribution is 6.02. The summed E-state index contributed by atoms with van der Waals surface area (Å²) < 4.78 is 7.31. The molecule has 0 saturated heterocycles. The van der Waals surface area contributed by atoms with Crippen molar-refractivity contribution in [3.8, 4) is 11.3 Å². The van der Waals surface area contributed by atoms with Crippen molar-refractivity contribution < 1.29 is 19.2 Å². The van der Waals surface area contributed by atoms with Crippen molar-refractivity contribution in [3.05, 3.63) is 87.3 Å². The summed E-state index contributed by atoms with van der Waals surface area (Å²) in [7, 11) is 0. The first-order chi connectivity index (χ1) is 13.9. The van der Waals surface area contributed by atoms with Crippen LogP contribution in [0, 0.1) is 24.0 Å². The first-order valence-electron chi connectivity index (χ1n) is 9.02. The second-order valence-corrected chi connectivity index (χ2v) is 6.80. The zero-order valence-corrected chi connectivity index (χ0v) is 15.9. The number of aryl methyl sites for hydroxylation is 1. The topological polar surface area (TPSA) is 98.5 Å². The number of para-hydroxylation sites is 1. The van der Waals surface area contributed by atoms with Crippen LogP contribution in [0.1, 0.15) is 27.4 Å². The average molecular weight is 390 g/mol. The molecule has 0 spiro atoms. The summed E-state index contributed by atoms with van der Waals surface area (Å²) in [5, 5.41) is 21.6. The largest absolute Gasteiger partial charge is 0.451 e. The number of carbonyl (C=O) groups is 1. The van der Waals surface area contributed by atoms with Crippen LogP contribution in [0.4, 0.5) is 5.69 Å². The lowest BCUT2D eigenvalue weighted by Gasteiger charge is -2.06. The molecule has 2 heterocycles. The van der Waals surface area contributed by atoms with E-state index in [-0.39, 0.29) is 24.0 Å². The van der Waals surface area contributed by atoms with Gasteiger partial charge in [-0.3, -0.25) is 19.5 Å². The van der Waals surface area contributed by atoms with E-state index in [0.717, 1.165) is 10.9 Å². The number of non-ortho nitro benzene ring substituents is 1. The minimum Gasteiger partial charge on any atom is -0.451 e. The normalized spacial score (nSPS) is 11.1. The van der Waals surface area contributed by atoms with E-state index in [2.05, 4.69) is 0 Å². The lowest BCUT2D eigenvalue weighted by molar-refractivity contribution is -0.384. The summed E-state index contributed by atoms with van der Waals surface area (Å²) >= 11 is 0. The van der Waals surface area contributed by atoms with E-state index >= 15 is 0 Å². The Morgan fingerprint density at radius 1 is 1.14 bits per heavy atom. The SMILES string of the molecule is Cc1ccc([N+](=O)[O-])cc1-c1ccc(C(=O)n2c(C)c(CO)c3ccccc32)o1. The minimum absolute atomic E-state index is 0.0466. The quantitative estimate of drug-likeness (QED) is 0.405. The number of aliphatic hydroxyl groups excluding tert-OH is 1. The molecule has 2 aromatic carbocycles. The number of aliphatic hydroxyl groups is 1. The number of fused-ring (bicyclic) bond motifs is 1. The van der Waals surface area contributed by atoms with Crippen LogP contribution in [0.2, 0.25) is 0 Å². The van der Waals surface area contributed by atoms with Crippen LogP contribution in [-0.2, 0) is 6.61 Å². The monoisotopic (exact) mass is 390 g/mol. The van der Waals surface area contributed by atoms with Crippen LogP contribution in [0.3, 0.4) is 0 Å². The fourth-order valence-corrected chi connectivity index (χ4v) is 3.59. The predicted molar refractivity (Wildman–Crippen MR) is 108 cm³/mol. The zero-order valence-electron chi connectivity index (χ0n) is 15.9. The maximum atomic E-state index is 13.2. The average Bonchev–Trinajstić information content (AvgIpc) is 3.30. The van der Waals surface area contributed by atoms with Crippen molar-refractivity contribution in [1.82, 2.24) is 4.57 Å². The fourth-order valence-electron chi connectivity index (χ4n) is 3.59. The van der Waals surface area contributed by atoms with Gasteiger partial charge in [0.25, 0.3) is 11.6 Å². The highest BCUT2D eigenvalue weighted by Crippen LogP contribution is 2.31. The fraction of sp³-hybridized carbons (Fsp3) is 0.136. The van der Waals surface area contributed by atoms with Gasteiger partial charge in [0, 0.05) is 34.3 Å². The van der Waals surface area contributed by atoms with E-state index in [4.69, 9.17) is 4.42 Å². The molecule has 0 fully saturated rings. The third-order valence-electron chi connectivity index (χ3n) is 5.12. The number of furan rings is 1. The number of nitro benzene ring substituents is 1. The van der Waals surface area contributed by atoms with Gasteiger partial charge in [-0.25, -0.2) is 0 Å². The van der Waals surface area contributed by atoms with Gasteiger partial charge in [0.05, 0.1) is 17.0 Å². The zero-order chi connectivity index (χ0) is 20.7. The Hall–Kier alpha value is -3.71. The lowest BCUT2D eigenvalue weighted by atomic mass is 10.1. The number of nitrogens with zero attached hydrogens (tertiary/aromatic N) is 2. The summed E-state index contributed by atoms with van der Waals surface area (Å²) in [6, 6.07) is 15.1. The second-order valence-electron chi connectivity index (χ2n) is 6.80. The molecule has 1 N–H and O–H groups in total. The summed E-state index contributed by atoms with van der Waals surface area (Å²) in [4.78, 5) is 23.8. The molecule has 7 nitrogen and oxygen atoms in total. The van der Waals surface area contributed by atoms with Crippen LogP contribution >= 0.6 is 0 Å². The molecule has 0 bridgehead atoms. The van der Waals surface area contributed by atoms with Gasteiger partial charge in [0.1, 0.15) is 5.76 Å². The van der Waals surface area contributed by atoms with E-state index < -0.39 is 4.92 Å². The maximum Gasteiger partial charge on any atom is 0.298 e.